The van der Waals surface area contributed by atoms with Crippen LogP contribution in [0.15, 0.2) is 65.9 Å². The molecule has 2 aromatic rings. The molecule has 2 fully saturated rings. The van der Waals surface area contributed by atoms with Gasteiger partial charge in [-0.25, -0.2) is 9.38 Å². The number of aromatic nitrogens is 1. The maximum atomic E-state index is 13.9. The summed E-state index contributed by atoms with van der Waals surface area (Å²) in [5.41, 5.74) is 1.96. The summed E-state index contributed by atoms with van der Waals surface area (Å²) in [4.78, 5) is 27.3. The maximum Gasteiger partial charge on any atom is 0.282 e. The Morgan fingerprint density at radius 1 is 1.10 bits per heavy atom. The molecule has 0 N–H and O–H groups in total. The van der Waals surface area contributed by atoms with Crippen LogP contribution in [0.1, 0.15) is 18.0 Å². The Balaban J connectivity index is 1.37. The summed E-state index contributed by atoms with van der Waals surface area (Å²) < 4.78 is 13.8. The van der Waals surface area contributed by atoms with E-state index < -0.39 is 0 Å². The molecule has 4 heterocycles. The lowest BCUT2D eigenvalue weighted by molar-refractivity contribution is -0.826. The molecule has 0 spiro atoms. The lowest BCUT2D eigenvalue weighted by Crippen LogP contribution is -2.61. The molecule has 7 heteroatoms. The van der Waals surface area contributed by atoms with Gasteiger partial charge in [-0.2, -0.15) is 0 Å². The van der Waals surface area contributed by atoms with Crippen molar-refractivity contribution in [2.45, 2.75) is 18.4 Å². The van der Waals surface area contributed by atoms with Gasteiger partial charge in [0.15, 0.2) is 6.04 Å². The van der Waals surface area contributed by atoms with Crippen LogP contribution in [0.2, 0.25) is 0 Å². The van der Waals surface area contributed by atoms with Crippen LogP contribution < -0.4 is 4.90 Å². The number of nitrogens with zero attached hydrogens (tertiary/aromatic N) is 5. The van der Waals surface area contributed by atoms with E-state index in [2.05, 4.69) is 28.0 Å². The second-order valence-electron chi connectivity index (χ2n) is 8.68. The van der Waals surface area contributed by atoms with Crippen LogP contribution in [0.3, 0.4) is 0 Å². The molecule has 2 saturated heterocycles. The molecule has 3 atom stereocenters. The van der Waals surface area contributed by atoms with Crippen LogP contribution in [0.5, 0.6) is 0 Å². The molecular weight excluding hydrogens is 393 g/mol. The highest BCUT2D eigenvalue weighted by Gasteiger charge is 2.56. The van der Waals surface area contributed by atoms with E-state index in [4.69, 9.17) is 0 Å². The van der Waals surface area contributed by atoms with Crippen LogP contribution in [0, 0.1) is 5.82 Å². The van der Waals surface area contributed by atoms with Crippen molar-refractivity contribution in [3.05, 3.63) is 72.4 Å². The Morgan fingerprint density at radius 2 is 1.87 bits per heavy atom. The van der Waals surface area contributed by atoms with Crippen molar-refractivity contribution in [1.29, 1.82) is 0 Å². The first-order valence-corrected chi connectivity index (χ1v) is 10.8. The Bertz CT molecular complexity index is 1010. The first-order valence-electron chi connectivity index (χ1n) is 10.8. The molecule has 0 aliphatic carbocycles. The molecular formula is C24H27FN5O+. The number of carbonyl (C=O) groups is 1. The minimum atomic E-state index is -0.232. The zero-order valence-corrected chi connectivity index (χ0v) is 17.7. The van der Waals surface area contributed by atoms with Gasteiger partial charge in [-0.05, 0) is 42.5 Å². The smallest absolute Gasteiger partial charge is 0.282 e. The van der Waals surface area contributed by atoms with Crippen LogP contribution in [-0.4, -0.2) is 71.9 Å². The lowest BCUT2D eigenvalue weighted by Gasteiger charge is -2.41. The second-order valence-corrected chi connectivity index (χ2v) is 8.68. The first kappa shape index (κ1) is 19.9. The molecule has 31 heavy (non-hydrogen) atoms. The fraction of sp³-hybridized carbons (Fsp3) is 0.375. The number of carbonyl (C=O) groups excluding carboxylic acids is 1. The molecule has 3 unspecified atom stereocenters. The van der Waals surface area contributed by atoms with Crippen molar-refractivity contribution >= 4 is 17.4 Å². The third kappa shape index (κ3) is 3.53. The predicted octanol–water partition coefficient (Wildman–Crippen LogP) is 2.80. The summed E-state index contributed by atoms with van der Waals surface area (Å²) in [5, 5.41) is 0. The third-order valence-electron chi connectivity index (χ3n) is 6.90. The number of anilines is 1. The number of fused-ring (bicyclic) bond motifs is 1. The summed E-state index contributed by atoms with van der Waals surface area (Å²) in [6.07, 6.45) is 6.47. The van der Waals surface area contributed by atoms with E-state index in [1.807, 2.05) is 29.3 Å². The summed E-state index contributed by atoms with van der Waals surface area (Å²) in [5.74, 6) is 1.02. The van der Waals surface area contributed by atoms with E-state index in [9.17, 15) is 9.18 Å². The number of aliphatic imine (C=N–C) groups is 1. The number of halogens is 1. The van der Waals surface area contributed by atoms with E-state index >= 15 is 0 Å². The molecule has 1 amide bonds. The van der Waals surface area contributed by atoms with E-state index in [1.54, 1.807) is 18.3 Å². The number of quaternary nitrogens is 1. The van der Waals surface area contributed by atoms with E-state index in [-0.39, 0.29) is 23.7 Å². The summed E-state index contributed by atoms with van der Waals surface area (Å²) in [6.45, 7) is 3.56. The topological polar surface area (TPSA) is 48.8 Å². The number of piperazine rings is 1. The highest BCUT2D eigenvalue weighted by Crippen LogP contribution is 2.41. The number of amidine groups is 1. The molecule has 3 aliphatic heterocycles. The molecule has 3 aliphatic rings. The zero-order valence-electron chi connectivity index (χ0n) is 17.7. The van der Waals surface area contributed by atoms with Gasteiger partial charge in [0.1, 0.15) is 12.4 Å². The molecule has 1 aromatic carbocycles. The van der Waals surface area contributed by atoms with Gasteiger partial charge in [-0.3, -0.25) is 14.3 Å². The quantitative estimate of drug-likeness (QED) is 0.718. The maximum absolute atomic E-state index is 13.9. The number of amides is 1. The average Bonchev–Trinajstić information content (AvgIpc) is 3.13. The van der Waals surface area contributed by atoms with Crippen LogP contribution in [0.4, 0.5) is 10.1 Å². The standard InChI is InChI=1S/C24H27FN5O/c1-30-16-4-11-27-22(30)17-20(21-5-2-3-10-26-21)23(30)24(31)29-14-12-28(13-15-29)19-8-6-18(25)7-9-19/h2-11,20,23H,12-17H2,1H3/q+1. The Hall–Kier alpha value is -3.06. The van der Waals surface area contributed by atoms with Gasteiger partial charge in [0.05, 0.1) is 25.1 Å². The molecule has 1 aromatic heterocycles. The minimum Gasteiger partial charge on any atom is -0.368 e. The molecule has 0 radical (unpaired) electrons. The van der Waals surface area contributed by atoms with Crippen molar-refractivity contribution in [2.24, 2.45) is 4.99 Å². The summed E-state index contributed by atoms with van der Waals surface area (Å²) >= 11 is 0. The van der Waals surface area contributed by atoms with Crippen molar-refractivity contribution in [1.82, 2.24) is 9.88 Å². The van der Waals surface area contributed by atoms with Gasteiger partial charge in [-0.1, -0.05) is 6.07 Å². The van der Waals surface area contributed by atoms with E-state index in [0.717, 1.165) is 43.3 Å². The summed E-state index contributed by atoms with van der Waals surface area (Å²) in [6, 6.07) is 12.3. The lowest BCUT2D eigenvalue weighted by atomic mass is 9.93. The number of pyridine rings is 1. The third-order valence-corrected chi connectivity index (χ3v) is 6.90. The van der Waals surface area contributed by atoms with E-state index in [1.165, 1.54) is 12.1 Å². The zero-order chi connectivity index (χ0) is 21.4. The molecule has 0 saturated carbocycles. The largest absolute Gasteiger partial charge is 0.368 e. The van der Waals surface area contributed by atoms with Crippen molar-refractivity contribution in [3.63, 3.8) is 0 Å². The van der Waals surface area contributed by atoms with Gasteiger partial charge >= 0.3 is 0 Å². The van der Waals surface area contributed by atoms with Crippen LogP contribution in [0.25, 0.3) is 0 Å². The predicted molar refractivity (Wildman–Crippen MR) is 118 cm³/mol. The molecule has 6 nitrogen and oxygen atoms in total. The van der Waals surface area contributed by atoms with Gasteiger partial charge in [0.2, 0.25) is 5.84 Å². The van der Waals surface area contributed by atoms with Gasteiger partial charge in [-0.15, -0.1) is 0 Å². The highest BCUT2D eigenvalue weighted by atomic mass is 19.1. The van der Waals surface area contributed by atoms with Gasteiger partial charge in [0.25, 0.3) is 5.91 Å². The Kier molecular flexibility index (Phi) is 5.06. The molecule has 0 bridgehead atoms. The van der Waals surface area contributed by atoms with Crippen molar-refractivity contribution < 1.29 is 13.7 Å². The average molecular weight is 421 g/mol. The number of likely N-dealkylation sites (N-methyl/N-ethyl adjacent to an activating group) is 1. The number of benzene rings is 1. The molecule has 5 rings (SSSR count). The minimum absolute atomic E-state index is 0.0208. The van der Waals surface area contributed by atoms with Gasteiger partial charge in [0, 0.05) is 44.3 Å². The van der Waals surface area contributed by atoms with Gasteiger partial charge < -0.3 is 9.80 Å². The number of hydrogen-bond donors (Lipinski definition) is 0. The monoisotopic (exact) mass is 420 g/mol. The molecule has 160 valence electrons. The number of rotatable bonds is 3. The SMILES string of the molecule is C[N+]12CC=CN=C1CC(c1ccccn1)C2C(=O)N1CCN(c2ccc(F)cc2)CC1. The van der Waals surface area contributed by atoms with Crippen molar-refractivity contribution in [2.75, 3.05) is 44.7 Å². The first-order chi connectivity index (χ1) is 15.1. The van der Waals surface area contributed by atoms with E-state index in [0.29, 0.717) is 17.6 Å². The second kappa shape index (κ2) is 7.89. The Labute approximate surface area is 181 Å². The fourth-order valence-corrected chi connectivity index (χ4v) is 5.18. The highest BCUT2D eigenvalue weighted by molar-refractivity contribution is 5.90. The number of hydrogen-bond acceptors (Lipinski definition) is 4. The van der Waals surface area contributed by atoms with Crippen LogP contribution in [-0.2, 0) is 4.79 Å². The van der Waals surface area contributed by atoms with Crippen LogP contribution >= 0.6 is 0 Å². The fourth-order valence-electron chi connectivity index (χ4n) is 5.18. The Morgan fingerprint density at radius 3 is 2.58 bits per heavy atom. The van der Waals surface area contributed by atoms with Crippen molar-refractivity contribution in [3.8, 4) is 0 Å². The normalized spacial score (nSPS) is 27.7. The summed E-state index contributed by atoms with van der Waals surface area (Å²) in [7, 11) is 2.13.